The SMILES string of the molecule is O=C(NC1CCCCC1)[C@@H](c1ccc(Cl)cc1)N(C(=O)c1ccccn1)c1cccnc1. The third-order valence-corrected chi connectivity index (χ3v) is 5.92. The fraction of sp³-hybridized carbons (Fsp3) is 0.280. The molecule has 0 unspecified atom stereocenters. The zero-order chi connectivity index (χ0) is 22.3. The number of nitrogens with zero attached hydrogens (tertiary/aromatic N) is 3. The highest BCUT2D eigenvalue weighted by Gasteiger charge is 2.35. The van der Waals surface area contributed by atoms with Crippen LogP contribution in [-0.2, 0) is 4.79 Å². The monoisotopic (exact) mass is 448 g/mol. The summed E-state index contributed by atoms with van der Waals surface area (Å²) in [7, 11) is 0. The predicted octanol–water partition coefficient (Wildman–Crippen LogP) is 4.97. The number of nitrogens with one attached hydrogen (secondary N) is 1. The van der Waals surface area contributed by atoms with Gasteiger partial charge in [0.25, 0.3) is 5.91 Å². The number of halogens is 1. The van der Waals surface area contributed by atoms with Crippen LogP contribution in [0.1, 0.15) is 54.2 Å². The predicted molar refractivity (Wildman–Crippen MR) is 124 cm³/mol. The second kappa shape index (κ2) is 10.4. The molecule has 0 aliphatic heterocycles. The molecule has 1 atom stereocenters. The topological polar surface area (TPSA) is 75.2 Å². The number of benzene rings is 1. The van der Waals surface area contributed by atoms with E-state index in [9.17, 15) is 9.59 Å². The molecule has 2 heterocycles. The first-order valence-electron chi connectivity index (χ1n) is 10.8. The van der Waals surface area contributed by atoms with Gasteiger partial charge in [-0.15, -0.1) is 0 Å². The van der Waals surface area contributed by atoms with E-state index < -0.39 is 6.04 Å². The van der Waals surface area contributed by atoms with Crippen LogP contribution in [0.4, 0.5) is 5.69 Å². The summed E-state index contributed by atoms with van der Waals surface area (Å²) < 4.78 is 0. The van der Waals surface area contributed by atoms with Gasteiger partial charge in [0.1, 0.15) is 11.7 Å². The van der Waals surface area contributed by atoms with Gasteiger partial charge >= 0.3 is 0 Å². The van der Waals surface area contributed by atoms with E-state index in [1.54, 1.807) is 73.2 Å². The minimum absolute atomic E-state index is 0.103. The van der Waals surface area contributed by atoms with Crippen molar-refractivity contribution in [2.45, 2.75) is 44.2 Å². The molecule has 7 heteroatoms. The van der Waals surface area contributed by atoms with Gasteiger partial charge in [-0.3, -0.25) is 24.5 Å². The summed E-state index contributed by atoms with van der Waals surface area (Å²) in [6, 6.07) is 14.9. The normalized spacial score (nSPS) is 15.0. The van der Waals surface area contributed by atoms with E-state index in [1.165, 1.54) is 11.3 Å². The highest BCUT2D eigenvalue weighted by Crippen LogP contribution is 2.30. The minimum Gasteiger partial charge on any atom is -0.351 e. The van der Waals surface area contributed by atoms with Crippen molar-refractivity contribution in [1.82, 2.24) is 15.3 Å². The number of rotatable bonds is 6. The lowest BCUT2D eigenvalue weighted by Crippen LogP contribution is -2.47. The largest absolute Gasteiger partial charge is 0.351 e. The maximum absolute atomic E-state index is 13.7. The zero-order valence-corrected chi connectivity index (χ0v) is 18.4. The number of anilines is 1. The molecule has 164 valence electrons. The van der Waals surface area contributed by atoms with Crippen molar-refractivity contribution in [3.8, 4) is 0 Å². The number of hydrogen-bond acceptors (Lipinski definition) is 4. The van der Waals surface area contributed by atoms with Crippen LogP contribution >= 0.6 is 11.6 Å². The summed E-state index contributed by atoms with van der Waals surface area (Å²) in [5, 5.41) is 3.74. The summed E-state index contributed by atoms with van der Waals surface area (Å²) in [4.78, 5) is 37.2. The smallest absolute Gasteiger partial charge is 0.277 e. The van der Waals surface area contributed by atoms with Crippen LogP contribution in [0.5, 0.6) is 0 Å². The Balaban J connectivity index is 1.77. The lowest BCUT2D eigenvalue weighted by molar-refractivity contribution is -0.123. The molecule has 1 fully saturated rings. The van der Waals surface area contributed by atoms with Crippen molar-refractivity contribution in [2.24, 2.45) is 0 Å². The highest BCUT2D eigenvalue weighted by molar-refractivity contribution is 6.30. The second-order valence-corrected chi connectivity index (χ2v) is 8.34. The average molecular weight is 449 g/mol. The van der Waals surface area contributed by atoms with Crippen molar-refractivity contribution in [3.63, 3.8) is 0 Å². The van der Waals surface area contributed by atoms with Crippen LogP contribution in [0.15, 0.2) is 73.2 Å². The lowest BCUT2D eigenvalue weighted by atomic mass is 9.94. The van der Waals surface area contributed by atoms with E-state index in [1.807, 2.05) is 0 Å². The second-order valence-electron chi connectivity index (χ2n) is 7.90. The third kappa shape index (κ3) is 5.14. The van der Waals surface area contributed by atoms with E-state index in [0.717, 1.165) is 25.7 Å². The van der Waals surface area contributed by atoms with E-state index in [-0.39, 0.29) is 23.6 Å². The minimum atomic E-state index is -0.895. The quantitative estimate of drug-likeness (QED) is 0.577. The van der Waals surface area contributed by atoms with Crippen LogP contribution < -0.4 is 10.2 Å². The fourth-order valence-corrected chi connectivity index (χ4v) is 4.21. The average Bonchev–Trinajstić information content (AvgIpc) is 2.84. The molecule has 0 saturated heterocycles. The molecule has 1 saturated carbocycles. The molecule has 2 amide bonds. The summed E-state index contributed by atoms with van der Waals surface area (Å²) >= 11 is 6.11. The van der Waals surface area contributed by atoms with Gasteiger partial charge in [0.2, 0.25) is 5.91 Å². The highest BCUT2D eigenvalue weighted by atomic mass is 35.5. The summed E-state index contributed by atoms with van der Waals surface area (Å²) in [5.74, 6) is -0.607. The Kier molecular flexibility index (Phi) is 7.12. The van der Waals surface area contributed by atoms with Gasteiger partial charge in [-0.05, 0) is 54.8 Å². The van der Waals surface area contributed by atoms with Crippen LogP contribution in [0.25, 0.3) is 0 Å². The van der Waals surface area contributed by atoms with Crippen LogP contribution in [-0.4, -0.2) is 27.8 Å². The van der Waals surface area contributed by atoms with E-state index in [0.29, 0.717) is 16.3 Å². The maximum atomic E-state index is 13.7. The van der Waals surface area contributed by atoms with E-state index in [4.69, 9.17) is 11.6 Å². The Morgan fingerprint density at radius 3 is 2.41 bits per heavy atom. The molecule has 6 nitrogen and oxygen atoms in total. The number of aromatic nitrogens is 2. The Bertz CT molecular complexity index is 1040. The Labute approximate surface area is 192 Å². The lowest BCUT2D eigenvalue weighted by Gasteiger charge is -2.33. The van der Waals surface area contributed by atoms with Crippen molar-refractivity contribution >= 4 is 29.1 Å². The Morgan fingerprint density at radius 1 is 0.969 bits per heavy atom. The standard InChI is InChI=1S/C25H25ClN4O2/c26-19-13-11-18(12-14-19)23(24(31)29-20-7-2-1-3-8-20)30(21-9-6-15-27-17-21)25(32)22-10-4-5-16-28-22/h4-6,9-17,20,23H,1-3,7-8H2,(H,29,31)/t23-/m1/s1. The van der Waals surface area contributed by atoms with Gasteiger partial charge in [0.15, 0.2) is 0 Å². The van der Waals surface area contributed by atoms with Crippen LogP contribution in [0.3, 0.4) is 0 Å². The van der Waals surface area contributed by atoms with E-state index in [2.05, 4.69) is 15.3 Å². The first-order valence-corrected chi connectivity index (χ1v) is 11.2. The molecule has 4 rings (SSSR count). The molecular formula is C25H25ClN4O2. The third-order valence-electron chi connectivity index (χ3n) is 5.67. The molecule has 0 bridgehead atoms. The van der Waals surface area contributed by atoms with Gasteiger partial charge in [-0.25, -0.2) is 0 Å². The first-order chi connectivity index (χ1) is 15.6. The van der Waals surface area contributed by atoms with Gasteiger partial charge in [-0.1, -0.05) is 49.1 Å². The molecule has 1 N–H and O–H groups in total. The van der Waals surface area contributed by atoms with Crippen molar-refractivity contribution in [3.05, 3.63) is 89.5 Å². The molecule has 1 aromatic carbocycles. The Morgan fingerprint density at radius 2 is 1.75 bits per heavy atom. The summed E-state index contributed by atoms with van der Waals surface area (Å²) in [6.45, 7) is 0. The fourth-order valence-electron chi connectivity index (χ4n) is 4.08. The molecule has 1 aliphatic carbocycles. The molecule has 0 spiro atoms. The van der Waals surface area contributed by atoms with Gasteiger partial charge < -0.3 is 5.32 Å². The zero-order valence-electron chi connectivity index (χ0n) is 17.7. The van der Waals surface area contributed by atoms with Crippen molar-refractivity contribution in [2.75, 3.05) is 4.90 Å². The maximum Gasteiger partial charge on any atom is 0.277 e. The number of amides is 2. The molecule has 3 aromatic rings. The van der Waals surface area contributed by atoms with Crippen molar-refractivity contribution < 1.29 is 9.59 Å². The van der Waals surface area contributed by atoms with E-state index >= 15 is 0 Å². The van der Waals surface area contributed by atoms with Crippen LogP contribution in [0.2, 0.25) is 5.02 Å². The summed E-state index contributed by atoms with van der Waals surface area (Å²) in [5.41, 5.74) is 1.43. The summed E-state index contributed by atoms with van der Waals surface area (Å²) in [6.07, 6.45) is 10.0. The van der Waals surface area contributed by atoms with Gasteiger partial charge in [0, 0.05) is 23.5 Å². The van der Waals surface area contributed by atoms with Gasteiger partial charge in [-0.2, -0.15) is 0 Å². The number of pyridine rings is 2. The Hall–Kier alpha value is -3.25. The van der Waals surface area contributed by atoms with Crippen LogP contribution in [0, 0.1) is 0 Å². The molecule has 32 heavy (non-hydrogen) atoms. The number of carbonyl (C=O) groups excluding carboxylic acids is 2. The molecule has 2 aromatic heterocycles. The number of carbonyl (C=O) groups is 2. The number of hydrogen-bond donors (Lipinski definition) is 1. The van der Waals surface area contributed by atoms with Crippen molar-refractivity contribution in [1.29, 1.82) is 0 Å². The first kappa shape index (κ1) is 22.0. The molecule has 1 aliphatic rings. The van der Waals surface area contributed by atoms with Gasteiger partial charge in [0.05, 0.1) is 11.9 Å². The molecular weight excluding hydrogens is 424 g/mol. The molecule has 0 radical (unpaired) electrons.